The summed E-state index contributed by atoms with van der Waals surface area (Å²) in [6.07, 6.45) is 0. The van der Waals surface area contributed by atoms with Crippen LogP contribution in [-0.2, 0) is 11.3 Å². The van der Waals surface area contributed by atoms with Crippen molar-refractivity contribution in [2.75, 3.05) is 5.75 Å². The van der Waals surface area contributed by atoms with Gasteiger partial charge in [0.15, 0.2) is 11.5 Å². The fraction of sp³-hybridized carbons (Fsp3) is 0.250. The Morgan fingerprint density at radius 1 is 1.62 bits per heavy atom. The highest BCUT2D eigenvalue weighted by molar-refractivity contribution is 8.14. The van der Waals surface area contributed by atoms with Gasteiger partial charge in [-0.15, -0.1) is 0 Å². The smallest absolute Gasteiger partial charge is 0.358 e. The average Bonchev–Trinajstić information content (AvgIpc) is 2.80. The Balaban J connectivity index is 2.11. The van der Waals surface area contributed by atoms with Gasteiger partial charge in [-0.3, -0.25) is 14.5 Å². The Hall–Kier alpha value is -1.83. The van der Waals surface area contributed by atoms with Crippen molar-refractivity contribution >= 4 is 28.9 Å². The third-order valence-corrected chi connectivity index (χ3v) is 2.79. The summed E-state index contributed by atoms with van der Waals surface area (Å²) in [6, 6.07) is 1.19. The lowest BCUT2D eigenvalue weighted by molar-refractivity contribution is -0.125. The molecule has 0 radical (unpaired) electrons. The van der Waals surface area contributed by atoms with Gasteiger partial charge >= 0.3 is 5.97 Å². The van der Waals surface area contributed by atoms with Gasteiger partial charge in [-0.1, -0.05) is 16.9 Å². The van der Waals surface area contributed by atoms with Crippen LogP contribution in [0.5, 0.6) is 0 Å². The fourth-order valence-electron chi connectivity index (χ4n) is 1.18. The first-order chi connectivity index (χ1) is 7.58. The van der Waals surface area contributed by atoms with Crippen LogP contribution >= 0.6 is 11.8 Å². The van der Waals surface area contributed by atoms with Crippen LogP contribution in [-0.4, -0.2) is 38.0 Å². The standard InChI is InChI=1S/C8H6N2O5S/c11-6-3-16-8(14)10(6)2-4-1-5(7(12)13)9-15-4/h1H,2-3H2,(H,12,13). The van der Waals surface area contributed by atoms with Crippen LogP contribution in [0.4, 0.5) is 4.79 Å². The quantitative estimate of drug-likeness (QED) is 0.826. The van der Waals surface area contributed by atoms with Crippen molar-refractivity contribution in [3.63, 3.8) is 0 Å². The third kappa shape index (κ3) is 1.91. The van der Waals surface area contributed by atoms with Gasteiger partial charge < -0.3 is 9.63 Å². The summed E-state index contributed by atoms with van der Waals surface area (Å²) in [5, 5.41) is 11.5. The lowest BCUT2D eigenvalue weighted by Crippen LogP contribution is -2.27. The number of hydrogen-bond donors (Lipinski definition) is 1. The summed E-state index contributed by atoms with van der Waals surface area (Å²) in [4.78, 5) is 34.0. The molecule has 84 valence electrons. The highest BCUT2D eigenvalue weighted by Crippen LogP contribution is 2.21. The molecule has 16 heavy (non-hydrogen) atoms. The van der Waals surface area contributed by atoms with Crippen molar-refractivity contribution in [1.82, 2.24) is 10.1 Å². The van der Waals surface area contributed by atoms with Crippen LogP contribution in [0.25, 0.3) is 0 Å². The first kappa shape index (κ1) is 10.7. The van der Waals surface area contributed by atoms with Crippen LogP contribution in [0.3, 0.4) is 0 Å². The molecule has 1 N–H and O–H groups in total. The molecule has 1 fully saturated rings. The van der Waals surface area contributed by atoms with Crippen molar-refractivity contribution in [2.24, 2.45) is 0 Å². The van der Waals surface area contributed by atoms with Crippen molar-refractivity contribution in [1.29, 1.82) is 0 Å². The number of rotatable bonds is 3. The maximum atomic E-state index is 11.2. The predicted octanol–water partition coefficient (Wildman–Crippen LogP) is 0.568. The van der Waals surface area contributed by atoms with E-state index in [2.05, 4.69) is 5.16 Å². The van der Waals surface area contributed by atoms with Gasteiger partial charge in [-0.2, -0.15) is 0 Å². The number of amides is 2. The molecule has 2 amide bonds. The molecule has 0 aromatic carbocycles. The molecule has 1 saturated heterocycles. The van der Waals surface area contributed by atoms with E-state index in [-0.39, 0.29) is 34.9 Å². The van der Waals surface area contributed by atoms with Crippen LogP contribution in [0.2, 0.25) is 0 Å². The molecule has 8 heteroatoms. The minimum atomic E-state index is -1.22. The van der Waals surface area contributed by atoms with Crippen LogP contribution in [0.15, 0.2) is 10.6 Å². The summed E-state index contributed by atoms with van der Waals surface area (Å²) in [7, 11) is 0. The molecule has 0 spiro atoms. The summed E-state index contributed by atoms with van der Waals surface area (Å²) >= 11 is 0.905. The lowest BCUT2D eigenvalue weighted by Gasteiger charge is -2.08. The normalized spacial score (nSPS) is 15.9. The molecule has 1 aromatic rings. The van der Waals surface area contributed by atoms with Gasteiger partial charge in [0.05, 0.1) is 12.3 Å². The summed E-state index contributed by atoms with van der Waals surface area (Å²) in [5.74, 6) is -1.26. The van der Waals surface area contributed by atoms with E-state index in [1.54, 1.807) is 0 Å². The van der Waals surface area contributed by atoms with E-state index in [1.807, 2.05) is 0 Å². The Labute approximate surface area is 93.4 Å². The molecule has 7 nitrogen and oxygen atoms in total. The van der Waals surface area contributed by atoms with E-state index >= 15 is 0 Å². The molecule has 2 rings (SSSR count). The molecule has 1 aliphatic rings. The minimum Gasteiger partial charge on any atom is -0.476 e. The summed E-state index contributed by atoms with van der Waals surface area (Å²) < 4.78 is 4.70. The zero-order valence-electron chi connectivity index (χ0n) is 7.87. The van der Waals surface area contributed by atoms with Gasteiger partial charge in [0, 0.05) is 6.07 Å². The van der Waals surface area contributed by atoms with Gasteiger partial charge in [0.1, 0.15) is 0 Å². The van der Waals surface area contributed by atoms with E-state index in [0.29, 0.717) is 0 Å². The van der Waals surface area contributed by atoms with Crippen molar-refractivity contribution in [3.8, 4) is 0 Å². The third-order valence-electron chi connectivity index (χ3n) is 1.93. The molecular formula is C8H6N2O5S. The number of imide groups is 1. The zero-order chi connectivity index (χ0) is 11.7. The number of aromatic carboxylic acids is 1. The predicted molar refractivity (Wildman–Crippen MR) is 51.9 cm³/mol. The van der Waals surface area contributed by atoms with Crippen molar-refractivity contribution < 1.29 is 24.0 Å². The molecule has 0 aliphatic carbocycles. The van der Waals surface area contributed by atoms with Gasteiger partial charge in [-0.05, 0) is 0 Å². The zero-order valence-corrected chi connectivity index (χ0v) is 8.69. The molecule has 2 heterocycles. The number of carbonyl (C=O) groups excluding carboxylic acids is 2. The topological polar surface area (TPSA) is 101 Å². The first-order valence-electron chi connectivity index (χ1n) is 4.24. The molecule has 0 bridgehead atoms. The number of carboxylic acids is 1. The fourth-order valence-corrected chi connectivity index (χ4v) is 1.90. The van der Waals surface area contributed by atoms with Crippen LogP contribution in [0.1, 0.15) is 16.2 Å². The monoisotopic (exact) mass is 242 g/mol. The second kappa shape index (κ2) is 3.97. The Kier molecular flexibility index (Phi) is 2.65. The van der Waals surface area contributed by atoms with Gasteiger partial charge in [-0.25, -0.2) is 4.79 Å². The second-order valence-corrected chi connectivity index (χ2v) is 3.94. The molecule has 0 saturated carbocycles. The first-order valence-corrected chi connectivity index (χ1v) is 5.22. The number of thioether (sulfide) groups is 1. The number of hydrogen-bond acceptors (Lipinski definition) is 6. The number of nitrogens with zero attached hydrogens (tertiary/aromatic N) is 2. The number of carboxylic acid groups (broad SMARTS) is 1. The highest BCUT2D eigenvalue weighted by Gasteiger charge is 2.31. The molecule has 1 aromatic heterocycles. The van der Waals surface area contributed by atoms with Crippen molar-refractivity contribution in [2.45, 2.75) is 6.54 Å². The molecule has 0 atom stereocenters. The van der Waals surface area contributed by atoms with E-state index in [0.717, 1.165) is 16.7 Å². The largest absolute Gasteiger partial charge is 0.476 e. The average molecular weight is 242 g/mol. The SMILES string of the molecule is O=C(O)c1cc(CN2C(=O)CSC2=O)on1. The van der Waals surface area contributed by atoms with Crippen LogP contribution in [0, 0.1) is 0 Å². The summed E-state index contributed by atoms with van der Waals surface area (Å²) in [6.45, 7) is -0.0784. The van der Waals surface area contributed by atoms with E-state index in [9.17, 15) is 14.4 Å². The maximum Gasteiger partial charge on any atom is 0.358 e. The highest BCUT2D eigenvalue weighted by atomic mass is 32.2. The number of carbonyl (C=O) groups is 3. The maximum absolute atomic E-state index is 11.2. The number of aromatic nitrogens is 1. The van der Waals surface area contributed by atoms with Gasteiger partial charge in [0.2, 0.25) is 5.91 Å². The second-order valence-electron chi connectivity index (χ2n) is 3.02. The summed E-state index contributed by atoms with van der Waals surface area (Å²) in [5.41, 5.74) is -0.248. The van der Waals surface area contributed by atoms with E-state index in [4.69, 9.17) is 9.63 Å². The molecule has 1 aliphatic heterocycles. The van der Waals surface area contributed by atoms with Crippen LogP contribution < -0.4 is 0 Å². The van der Waals surface area contributed by atoms with Crippen molar-refractivity contribution in [3.05, 3.63) is 17.5 Å². The van der Waals surface area contributed by atoms with Gasteiger partial charge in [0.25, 0.3) is 5.24 Å². The minimum absolute atomic E-state index is 0.0784. The Morgan fingerprint density at radius 2 is 2.38 bits per heavy atom. The Morgan fingerprint density at radius 3 is 2.88 bits per heavy atom. The lowest BCUT2D eigenvalue weighted by atomic mass is 10.3. The molecule has 0 unspecified atom stereocenters. The Bertz CT molecular complexity index is 453. The van der Waals surface area contributed by atoms with E-state index < -0.39 is 5.97 Å². The van der Waals surface area contributed by atoms with E-state index in [1.165, 1.54) is 6.07 Å². The molecular weight excluding hydrogens is 236 g/mol.